The summed E-state index contributed by atoms with van der Waals surface area (Å²) >= 11 is 0. The van der Waals surface area contributed by atoms with Gasteiger partial charge in [0.05, 0.1) is 0 Å². The maximum atomic E-state index is 12.3. The van der Waals surface area contributed by atoms with E-state index in [-0.39, 0.29) is 5.91 Å². The number of amides is 1. The molecule has 3 N–H and O–H groups in total. The number of anilines is 2. The minimum Gasteiger partial charge on any atom is -0.486 e. The number of nitrogen functional groups attached to an aromatic ring is 1. The molecule has 0 saturated heterocycles. The third-order valence-electron chi connectivity index (χ3n) is 3.30. The van der Waals surface area contributed by atoms with E-state index in [9.17, 15) is 4.79 Å². The summed E-state index contributed by atoms with van der Waals surface area (Å²) in [6.45, 7) is 2.92. The highest BCUT2D eigenvalue weighted by Crippen LogP contribution is 2.31. The molecular weight excluding hydrogens is 268 g/mol. The second-order valence-electron chi connectivity index (χ2n) is 4.89. The molecule has 1 aliphatic rings. The molecule has 0 aromatic heterocycles. The molecule has 1 heterocycles. The molecule has 1 aliphatic heterocycles. The molecule has 1 amide bonds. The SMILES string of the molecule is Cc1cc(N)ccc1NC(=O)c1ccc2c(c1)OCCO2. The highest BCUT2D eigenvalue weighted by molar-refractivity contribution is 6.05. The fourth-order valence-electron chi connectivity index (χ4n) is 2.21. The molecule has 0 aliphatic carbocycles. The van der Waals surface area contributed by atoms with Gasteiger partial charge in [0.25, 0.3) is 5.91 Å². The molecule has 108 valence electrons. The third-order valence-corrected chi connectivity index (χ3v) is 3.30. The lowest BCUT2D eigenvalue weighted by Crippen LogP contribution is -2.17. The van der Waals surface area contributed by atoms with E-state index in [4.69, 9.17) is 15.2 Å². The fourth-order valence-corrected chi connectivity index (χ4v) is 2.21. The molecule has 0 unspecified atom stereocenters. The second-order valence-corrected chi connectivity index (χ2v) is 4.89. The van der Waals surface area contributed by atoms with Gasteiger partial charge in [-0.15, -0.1) is 0 Å². The first-order valence-electron chi connectivity index (χ1n) is 6.70. The lowest BCUT2D eigenvalue weighted by Gasteiger charge is -2.18. The van der Waals surface area contributed by atoms with E-state index in [0.717, 1.165) is 11.3 Å². The van der Waals surface area contributed by atoms with E-state index >= 15 is 0 Å². The minimum absolute atomic E-state index is 0.195. The second kappa shape index (κ2) is 5.36. The first-order chi connectivity index (χ1) is 10.1. The molecule has 3 rings (SSSR count). The summed E-state index contributed by atoms with van der Waals surface area (Å²) in [7, 11) is 0. The summed E-state index contributed by atoms with van der Waals surface area (Å²) in [5.41, 5.74) is 8.55. The van der Waals surface area contributed by atoms with Gasteiger partial charge in [-0.1, -0.05) is 0 Å². The average molecular weight is 284 g/mol. The first-order valence-corrected chi connectivity index (χ1v) is 6.70. The van der Waals surface area contributed by atoms with Crippen molar-refractivity contribution in [3.05, 3.63) is 47.5 Å². The molecule has 0 atom stereocenters. The monoisotopic (exact) mass is 284 g/mol. The van der Waals surface area contributed by atoms with E-state index in [1.54, 1.807) is 30.3 Å². The van der Waals surface area contributed by atoms with Crippen LogP contribution in [0.1, 0.15) is 15.9 Å². The number of hydrogen-bond acceptors (Lipinski definition) is 4. The molecule has 0 bridgehead atoms. The molecule has 0 saturated carbocycles. The largest absolute Gasteiger partial charge is 0.486 e. The third kappa shape index (κ3) is 2.76. The van der Waals surface area contributed by atoms with Crippen LogP contribution >= 0.6 is 0 Å². The number of ether oxygens (including phenoxy) is 2. The van der Waals surface area contributed by atoms with Crippen molar-refractivity contribution in [2.45, 2.75) is 6.92 Å². The van der Waals surface area contributed by atoms with Gasteiger partial charge in [-0.2, -0.15) is 0 Å². The van der Waals surface area contributed by atoms with Crippen LogP contribution in [0.3, 0.4) is 0 Å². The van der Waals surface area contributed by atoms with Gasteiger partial charge in [-0.25, -0.2) is 0 Å². The highest BCUT2D eigenvalue weighted by atomic mass is 16.6. The van der Waals surface area contributed by atoms with Crippen molar-refractivity contribution >= 4 is 17.3 Å². The van der Waals surface area contributed by atoms with Gasteiger partial charge in [-0.3, -0.25) is 4.79 Å². The van der Waals surface area contributed by atoms with Crippen molar-refractivity contribution in [1.82, 2.24) is 0 Å². The van der Waals surface area contributed by atoms with Crippen molar-refractivity contribution < 1.29 is 14.3 Å². The summed E-state index contributed by atoms with van der Waals surface area (Å²) < 4.78 is 10.9. The number of carbonyl (C=O) groups excluding carboxylic acids is 1. The molecule has 5 nitrogen and oxygen atoms in total. The van der Waals surface area contributed by atoms with Crippen LogP contribution in [-0.4, -0.2) is 19.1 Å². The normalized spacial score (nSPS) is 12.8. The van der Waals surface area contributed by atoms with Gasteiger partial charge in [0.1, 0.15) is 13.2 Å². The van der Waals surface area contributed by atoms with E-state index in [0.29, 0.717) is 36.0 Å². The van der Waals surface area contributed by atoms with Crippen LogP contribution in [0.4, 0.5) is 11.4 Å². The van der Waals surface area contributed by atoms with Crippen LogP contribution in [0, 0.1) is 6.92 Å². The van der Waals surface area contributed by atoms with Crippen LogP contribution in [-0.2, 0) is 0 Å². The lowest BCUT2D eigenvalue weighted by atomic mass is 10.1. The Kier molecular flexibility index (Phi) is 3.39. The lowest BCUT2D eigenvalue weighted by molar-refractivity contribution is 0.102. The van der Waals surface area contributed by atoms with Crippen molar-refractivity contribution in [2.24, 2.45) is 0 Å². The van der Waals surface area contributed by atoms with E-state index < -0.39 is 0 Å². The van der Waals surface area contributed by atoms with Gasteiger partial charge in [0, 0.05) is 16.9 Å². The summed E-state index contributed by atoms with van der Waals surface area (Å²) in [5, 5.41) is 2.87. The number of nitrogens with two attached hydrogens (primary N) is 1. The Morgan fingerprint density at radius 3 is 2.62 bits per heavy atom. The maximum Gasteiger partial charge on any atom is 0.255 e. The minimum atomic E-state index is -0.195. The standard InChI is InChI=1S/C16H16N2O3/c1-10-8-12(17)3-4-13(10)18-16(19)11-2-5-14-15(9-11)21-7-6-20-14/h2-5,8-9H,6-7,17H2,1H3,(H,18,19). The predicted octanol–water partition coefficient (Wildman–Crippen LogP) is 2.60. The Labute approximate surface area is 122 Å². The number of fused-ring (bicyclic) bond motifs is 1. The van der Waals surface area contributed by atoms with Crippen LogP contribution < -0.4 is 20.5 Å². The number of carbonyl (C=O) groups is 1. The van der Waals surface area contributed by atoms with E-state index in [2.05, 4.69) is 5.32 Å². The molecule has 0 radical (unpaired) electrons. The Bertz CT molecular complexity index is 698. The highest BCUT2D eigenvalue weighted by Gasteiger charge is 2.15. The number of hydrogen-bond donors (Lipinski definition) is 2. The smallest absolute Gasteiger partial charge is 0.255 e. The van der Waals surface area contributed by atoms with Crippen LogP contribution in [0.15, 0.2) is 36.4 Å². The number of rotatable bonds is 2. The Balaban J connectivity index is 1.82. The van der Waals surface area contributed by atoms with Crippen LogP contribution in [0.2, 0.25) is 0 Å². The Hall–Kier alpha value is -2.69. The molecule has 0 spiro atoms. The number of nitrogens with one attached hydrogen (secondary N) is 1. The molecule has 0 fully saturated rings. The van der Waals surface area contributed by atoms with Crippen LogP contribution in [0.5, 0.6) is 11.5 Å². The topological polar surface area (TPSA) is 73.6 Å². The van der Waals surface area contributed by atoms with Crippen LogP contribution in [0.25, 0.3) is 0 Å². The maximum absolute atomic E-state index is 12.3. The van der Waals surface area contributed by atoms with Crippen molar-refractivity contribution in [2.75, 3.05) is 24.3 Å². The fraction of sp³-hybridized carbons (Fsp3) is 0.188. The summed E-state index contributed by atoms with van der Waals surface area (Å²) in [6.07, 6.45) is 0. The van der Waals surface area contributed by atoms with Gasteiger partial charge >= 0.3 is 0 Å². The summed E-state index contributed by atoms with van der Waals surface area (Å²) in [4.78, 5) is 12.3. The van der Waals surface area contributed by atoms with Gasteiger partial charge < -0.3 is 20.5 Å². The number of aryl methyl sites for hydroxylation is 1. The predicted molar refractivity (Wildman–Crippen MR) is 81.0 cm³/mol. The van der Waals surface area contributed by atoms with Gasteiger partial charge in [-0.05, 0) is 48.9 Å². The zero-order chi connectivity index (χ0) is 14.8. The molecule has 2 aromatic carbocycles. The quantitative estimate of drug-likeness (QED) is 0.831. The van der Waals surface area contributed by atoms with Gasteiger partial charge in [0.15, 0.2) is 11.5 Å². The average Bonchev–Trinajstić information content (AvgIpc) is 2.49. The summed E-state index contributed by atoms with van der Waals surface area (Å²) in [6, 6.07) is 10.5. The van der Waals surface area contributed by atoms with E-state index in [1.165, 1.54) is 0 Å². The van der Waals surface area contributed by atoms with Gasteiger partial charge in [0.2, 0.25) is 0 Å². The summed E-state index contributed by atoms with van der Waals surface area (Å²) in [5.74, 6) is 1.07. The molecule has 2 aromatic rings. The zero-order valence-corrected chi connectivity index (χ0v) is 11.7. The molecule has 5 heteroatoms. The van der Waals surface area contributed by atoms with E-state index in [1.807, 2.05) is 13.0 Å². The zero-order valence-electron chi connectivity index (χ0n) is 11.7. The Morgan fingerprint density at radius 2 is 1.86 bits per heavy atom. The van der Waals surface area contributed by atoms with Crippen molar-refractivity contribution in [3.8, 4) is 11.5 Å². The first kappa shape index (κ1) is 13.3. The Morgan fingerprint density at radius 1 is 1.10 bits per heavy atom. The molecular formula is C16H16N2O3. The molecule has 21 heavy (non-hydrogen) atoms. The van der Waals surface area contributed by atoms with Crippen molar-refractivity contribution in [3.63, 3.8) is 0 Å². The van der Waals surface area contributed by atoms with Crippen molar-refractivity contribution in [1.29, 1.82) is 0 Å². The number of benzene rings is 2.